The number of hydrogen-bond acceptors (Lipinski definition) is 4. The fraction of sp³-hybridized carbons (Fsp3) is 0.269. The van der Waals surface area contributed by atoms with E-state index >= 15 is 4.39 Å². The molecule has 1 unspecified atom stereocenters. The first-order valence-electron chi connectivity index (χ1n) is 10.5. The summed E-state index contributed by atoms with van der Waals surface area (Å²) in [5.74, 6) is 0.538. The van der Waals surface area contributed by atoms with Crippen molar-refractivity contribution in [1.29, 1.82) is 0 Å². The number of nitrogens with zero attached hydrogens (tertiary/aromatic N) is 2. The molecule has 0 radical (unpaired) electrons. The van der Waals surface area contributed by atoms with Gasteiger partial charge in [0.15, 0.2) is 0 Å². The molecule has 0 bridgehead atoms. The predicted molar refractivity (Wildman–Crippen MR) is 127 cm³/mol. The van der Waals surface area contributed by atoms with Gasteiger partial charge < -0.3 is 14.7 Å². The van der Waals surface area contributed by atoms with E-state index in [4.69, 9.17) is 21.3 Å². The van der Waals surface area contributed by atoms with E-state index in [0.29, 0.717) is 35.1 Å². The Bertz CT molecular complexity index is 1140. The number of fused-ring (bicyclic) bond motifs is 1. The van der Waals surface area contributed by atoms with Crippen LogP contribution in [-0.4, -0.2) is 35.1 Å². The number of methoxy groups -OCH3 is 1. The predicted octanol–water partition coefficient (Wildman–Crippen LogP) is 6.13. The first-order valence-corrected chi connectivity index (χ1v) is 10.9. The summed E-state index contributed by atoms with van der Waals surface area (Å²) in [4.78, 5) is 6.90. The lowest BCUT2D eigenvalue weighted by Gasteiger charge is -2.40. The largest absolute Gasteiger partial charge is 0.497 e. The average molecular weight is 453 g/mol. The molecule has 3 aromatic carbocycles. The topological polar surface area (TPSA) is 45.1 Å². The lowest BCUT2D eigenvalue weighted by atomic mass is 9.92. The highest BCUT2D eigenvalue weighted by Gasteiger charge is 2.34. The maximum absolute atomic E-state index is 15.2. The molecule has 0 saturated heterocycles. The molecule has 166 valence electrons. The normalized spacial score (nSPS) is 15.9. The van der Waals surface area contributed by atoms with Gasteiger partial charge in [0.1, 0.15) is 17.4 Å². The van der Waals surface area contributed by atoms with Crippen LogP contribution < -0.4 is 4.74 Å². The lowest BCUT2D eigenvalue weighted by molar-refractivity contribution is 0.0624. The van der Waals surface area contributed by atoms with Crippen LogP contribution in [0.5, 0.6) is 5.75 Å². The molecule has 1 heterocycles. The second-order valence-corrected chi connectivity index (χ2v) is 8.99. The second kappa shape index (κ2) is 8.93. The van der Waals surface area contributed by atoms with Crippen molar-refractivity contribution in [2.24, 2.45) is 4.99 Å². The molecule has 0 spiro atoms. The first kappa shape index (κ1) is 22.3. The number of halogens is 2. The van der Waals surface area contributed by atoms with Gasteiger partial charge in [0.25, 0.3) is 0 Å². The summed E-state index contributed by atoms with van der Waals surface area (Å²) in [5, 5.41) is 11.1. The summed E-state index contributed by atoms with van der Waals surface area (Å²) in [6.45, 7) is 4.01. The van der Waals surface area contributed by atoms with Crippen LogP contribution in [0.15, 0.2) is 71.7 Å². The van der Waals surface area contributed by atoms with Crippen LogP contribution in [0, 0.1) is 5.82 Å². The molecule has 0 saturated carbocycles. The maximum Gasteiger partial charge on any atom is 0.140 e. The SMILES string of the molecule is COc1ccc(C2=Nc3ccc(Cl)cc3C(c3ccccc3)N2CCC(C)(C)O)c(F)c1. The number of aliphatic imine (C=N–C) groups is 1. The number of aliphatic hydroxyl groups is 1. The zero-order valence-electron chi connectivity index (χ0n) is 18.3. The zero-order valence-corrected chi connectivity index (χ0v) is 19.1. The molecule has 1 atom stereocenters. The minimum Gasteiger partial charge on any atom is -0.497 e. The van der Waals surface area contributed by atoms with Crippen LogP contribution in [0.3, 0.4) is 0 Å². The Hall–Kier alpha value is -2.89. The average Bonchev–Trinajstić information content (AvgIpc) is 2.77. The van der Waals surface area contributed by atoms with Gasteiger partial charge in [-0.25, -0.2) is 9.38 Å². The van der Waals surface area contributed by atoms with Crippen molar-refractivity contribution in [3.8, 4) is 5.75 Å². The van der Waals surface area contributed by atoms with E-state index in [1.165, 1.54) is 13.2 Å². The molecular weight excluding hydrogens is 427 g/mol. The molecule has 1 N–H and O–H groups in total. The minimum absolute atomic E-state index is 0.235. The third-order valence-corrected chi connectivity index (χ3v) is 5.83. The first-order chi connectivity index (χ1) is 15.3. The number of amidine groups is 1. The number of rotatable bonds is 6. The highest BCUT2D eigenvalue weighted by molar-refractivity contribution is 6.30. The molecule has 32 heavy (non-hydrogen) atoms. The van der Waals surface area contributed by atoms with Gasteiger partial charge in [0.2, 0.25) is 0 Å². The quantitative estimate of drug-likeness (QED) is 0.489. The van der Waals surface area contributed by atoms with Crippen LogP contribution in [0.2, 0.25) is 5.02 Å². The molecule has 0 amide bonds. The van der Waals surface area contributed by atoms with Crippen molar-refractivity contribution in [1.82, 2.24) is 4.90 Å². The lowest BCUT2D eigenvalue weighted by Crippen LogP contribution is -2.41. The molecule has 0 aliphatic carbocycles. The molecule has 0 aromatic heterocycles. The summed E-state index contributed by atoms with van der Waals surface area (Å²) in [6, 6.07) is 20.1. The standard InChI is InChI=1S/C26H26ClFN2O2/c1-26(2,31)13-14-30-24(17-7-5-4-6-8-17)21-15-18(27)9-12-23(21)29-25(30)20-11-10-19(32-3)16-22(20)28/h4-12,15-16,24,31H,13-14H2,1-3H3. The Morgan fingerprint density at radius 1 is 1.09 bits per heavy atom. The third kappa shape index (κ3) is 4.64. The third-order valence-electron chi connectivity index (χ3n) is 5.59. The van der Waals surface area contributed by atoms with Gasteiger partial charge in [-0.15, -0.1) is 0 Å². The van der Waals surface area contributed by atoms with Gasteiger partial charge in [-0.3, -0.25) is 0 Å². The minimum atomic E-state index is -0.889. The van der Waals surface area contributed by atoms with Crippen molar-refractivity contribution < 1.29 is 14.2 Å². The van der Waals surface area contributed by atoms with Gasteiger partial charge in [-0.2, -0.15) is 0 Å². The molecule has 1 aliphatic rings. The fourth-order valence-electron chi connectivity index (χ4n) is 3.96. The monoisotopic (exact) mass is 452 g/mol. The summed E-state index contributed by atoms with van der Waals surface area (Å²) in [5.41, 5.74) is 2.21. The van der Waals surface area contributed by atoms with Crippen molar-refractivity contribution in [3.63, 3.8) is 0 Å². The molecule has 4 rings (SSSR count). The molecule has 0 fully saturated rings. The van der Waals surface area contributed by atoms with Crippen molar-refractivity contribution in [2.75, 3.05) is 13.7 Å². The zero-order chi connectivity index (χ0) is 22.9. The van der Waals surface area contributed by atoms with Gasteiger partial charge in [0.05, 0.1) is 30.0 Å². The van der Waals surface area contributed by atoms with Gasteiger partial charge in [0, 0.05) is 23.2 Å². The Morgan fingerprint density at radius 3 is 2.50 bits per heavy atom. The van der Waals surface area contributed by atoms with E-state index < -0.39 is 11.4 Å². The van der Waals surface area contributed by atoms with Crippen molar-refractivity contribution in [2.45, 2.75) is 31.9 Å². The highest BCUT2D eigenvalue weighted by atomic mass is 35.5. The van der Waals surface area contributed by atoms with Crippen molar-refractivity contribution >= 4 is 23.1 Å². The van der Waals surface area contributed by atoms with Crippen LogP contribution in [-0.2, 0) is 0 Å². The molecule has 4 nitrogen and oxygen atoms in total. The van der Waals surface area contributed by atoms with Crippen LogP contribution in [0.1, 0.15) is 43.0 Å². The number of hydrogen-bond donors (Lipinski definition) is 1. The highest BCUT2D eigenvalue weighted by Crippen LogP contribution is 2.42. The summed E-state index contributed by atoms with van der Waals surface area (Å²) >= 11 is 6.36. The fourth-order valence-corrected chi connectivity index (χ4v) is 4.14. The molecular formula is C26H26ClFN2O2. The Morgan fingerprint density at radius 2 is 1.84 bits per heavy atom. The van der Waals surface area contributed by atoms with Gasteiger partial charge >= 0.3 is 0 Å². The second-order valence-electron chi connectivity index (χ2n) is 8.55. The van der Waals surface area contributed by atoms with Crippen LogP contribution >= 0.6 is 11.6 Å². The van der Waals surface area contributed by atoms with E-state index in [-0.39, 0.29) is 6.04 Å². The summed E-state index contributed by atoms with van der Waals surface area (Å²) < 4.78 is 20.4. The smallest absolute Gasteiger partial charge is 0.140 e. The van der Waals surface area contributed by atoms with E-state index in [1.807, 2.05) is 42.5 Å². The van der Waals surface area contributed by atoms with Gasteiger partial charge in [-0.1, -0.05) is 41.9 Å². The Kier molecular flexibility index (Phi) is 6.22. The van der Waals surface area contributed by atoms with Gasteiger partial charge in [-0.05, 0) is 56.2 Å². The van der Waals surface area contributed by atoms with Crippen LogP contribution in [0.25, 0.3) is 0 Å². The Labute approximate surface area is 192 Å². The molecule has 3 aromatic rings. The Balaban J connectivity index is 1.92. The summed E-state index contributed by atoms with van der Waals surface area (Å²) in [6.07, 6.45) is 0.475. The number of ether oxygens (including phenoxy) is 1. The van der Waals surface area contributed by atoms with Crippen LogP contribution in [0.4, 0.5) is 10.1 Å². The van der Waals surface area contributed by atoms with E-state index in [2.05, 4.69) is 4.90 Å². The van der Waals surface area contributed by atoms with E-state index in [0.717, 1.165) is 16.8 Å². The van der Waals surface area contributed by atoms with E-state index in [9.17, 15) is 5.11 Å². The molecule has 1 aliphatic heterocycles. The van der Waals surface area contributed by atoms with Crippen molar-refractivity contribution in [3.05, 3.63) is 94.3 Å². The number of benzene rings is 3. The summed E-state index contributed by atoms with van der Waals surface area (Å²) in [7, 11) is 1.51. The van der Waals surface area contributed by atoms with E-state index in [1.54, 1.807) is 32.0 Å². The molecule has 6 heteroatoms. The maximum atomic E-state index is 15.2.